The van der Waals surface area contributed by atoms with Gasteiger partial charge in [-0.15, -0.1) is 0 Å². The number of hydrogen-bond acceptors (Lipinski definition) is 5. The van der Waals surface area contributed by atoms with Crippen molar-refractivity contribution in [2.45, 2.75) is 219 Å². The van der Waals surface area contributed by atoms with Crippen LogP contribution in [0.1, 0.15) is 206 Å². The molecule has 6 heteroatoms. The first-order valence-electron chi connectivity index (χ1n) is 19.9. The van der Waals surface area contributed by atoms with E-state index in [-0.39, 0.29) is 18.5 Å². The molecule has 1 amide bonds. The van der Waals surface area contributed by atoms with Crippen LogP contribution < -0.4 is 5.32 Å². The highest BCUT2D eigenvalue weighted by Crippen LogP contribution is 2.14. The van der Waals surface area contributed by atoms with Crippen LogP contribution in [-0.4, -0.2) is 47.4 Å². The molecule has 6 nitrogen and oxygen atoms in total. The molecule has 0 saturated heterocycles. The van der Waals surface area contributed by atoms with E-state index in [0.717, 1.165) is 70.6 Å². The zero-order valence-corrected chi connectivity index (χ0v) is 30.6. The van der Waals surface area contributed by atoms with Crippen molar-refractivity contribution in [3.63, 3.8) is 0 Å². The predicted octanol–water partition coefficient (Wildman–Crippen LogP) is 10.7. The summed E-state index contributed by atoms with van der Waals surface area (Å²) >= 11 is 0. The third-order valence-corrected chi connectivity index (χ3v) is 9.06. The normalized spacial score (nSPS) is 12.9. The van der Waals surface area contributed by atoms with Gasteiger partial charge in [-0.05, 0) is 44.9 Å². The Bertz CT molecular complexity index is 683. The lowest BCUT2D eigenvalue weighted by Gasteiger charge is -2.22. The van der Waals surface area contributed by atoms with Gasteiger partial charge in [0.15, 0.2) is 0 Å². The Labute approximate surface area is 285 Å². The molecular formula is C40H77NO5. The minimum Gasteiger partial charge on any atom is -0.466 e. The molecule has 46 heavy (non-hydrogen) atoms. The number of rotatable bonds is 36. The summed E-state index contributed by atoms with van der Waals surface area (Å²) in [5, 5.41) is 22.9. The fraction of sp³-hybridized carbons (Fsp3) is 0.900. The van der Waals surface area contributed by atoms with Gasteiger partial charge in [-0.25, -0.2) is 0 Å². The second kappa shape index (κ2) is 36.4. The molecular weight excluding hydrogens is 574 g/mol. The molecule has 0 aliphatic carbocycles. The van der Waals surface area contributed by atoms with E-state index in [1.165, 1.54) is 103 Å². The van der Waals surface area contributed by atoms with E-state index in [1.54, 1.807) is 0 Å². The summed E-state index contributed by atoms with van der Waals surface area (Å²) < 4.78 is 5.40. The molecule has 0 saturated carbocycles. The van der Waals surface area contributed by atoms with Gasteiger partial charge in [-0.2, -0.15) is 0 Å². The molecule has 0 aliphatic rings. The third-order valence-electron chi connectivity index (χ3n) is 9.06. The monoisotopic (exact) mass is 652 g/mol. The van der Waals surface area contributed by atoms with E-state index in [1.807, 2.05) is 0 Å². The van der Waals surface area contributed by atoms with E-state index in [0.29, 0.717) is 25.9 Å². The zero-order chi connectivity index (χ0) is 33.8. The van der Waals surface area contributed by atoms with Gasteiger partial charge < -0.3 is 20.3 Å². The summed E-state index contributed by atoms with van der Waals surface area (Å²) in [6.07, 6.45) is 37.4. The fourth-order valence-corrected chi connectivity index (χ4v) is 5.93. The first kappa shape index (κ1) is 44.6. The summed E-state index contributed by atoms with van der Waals surface area (Å²) in [7, 11) is 0. The first-order valence-corrected chi connectivity index (χ1v) is 19.9. The molecule has 2 atom stereocenters. The maximum atomic E-state index is 12.3. The number of esters is 1. The first-order chi connectivity index (χ1) is 22.5. The zero-order valence-electron chi connectivity index (χ0n) is 30.6. The topological polar surface area (TPSA) is 95.9 Å². The third kappa shape index (κ3) is 32.5. The summed E-state index contributed by atoms with van der Waals surface area (Å²) in [6.45, 7) is 4.81. The SMILES string of the molecule is CCCCCCCCCCCCCC(=O)OCCCCCC/C=C\CCCC(=O)NC(CO)C(O)CCCCCCCCCCC. The molecule has 0 aromatic carbocycles. The number of allylic oxidation sites excluding steroid dienone is 2. The van der Waals surface area contributed by atoms with E-state index >= 15 is 0 Å². The maximum Gasteiger partial charge on any atom is 0.305 e. The molecule has 3 N–H and O–H groups in total. The van der Waals surface area contributed by atoms with Gasteiger partial charge in [-0.1, -0.05) is 161 Å². The van der Waals surface area contributed by atoms with Crippen LogP contribution in [0.3, 0.4) is 0 Å². The lowest BCUT2D eigenvalue weighted by atomic mass is 10.0. The summed E-state index contributed by atoms with van der Waals surface area (Å²) in [5.74, 6) is -0.136. The van der Waals surface area contributed by atoms with Crippen LogP contribution in [0.25, 0.3) is 0 Å². The second-order valence-corrected chi connectivity index (χ2v) is 13.6. The van der Waals surface area contributed by atoms with E-state index in [9.17, 15) is 19.8 Å². The molecule has 0 aliphatic heterocycles. The Morgan fingerprint density at radius 2 is 1.04 bits per heavy atom. The molecule has 272 valence electrons. The van der Waals surface area contributed by atoms with Gasteiger partial charge in [0.25, 0.3) is 0 Å². The number of unbranched alkanes of at least 4 members (excludes halogenated alkanes) is 23. The van der Waals surface area contributed by atoms with Crippen molar-refractivity contribution in [3.05, 3.63) is 12.2 Å². The van der Waals surface area contributed by atoms with Crippen LogP contribution in [0, 0.1) is 0 Å². The van der Waals surface area contributed by atoms with Crippen LogP contribution in [0.15, 0.2) is 12.2 Å². The van der Waals surface area contributed by atoms with Gasteiger partial charge >= 0.3 is 5.97 Å². The Balaban J connectivity index is 3.56. The highest BCUT2D eigenvalue weighted by Gasteiger charge is 2.19. The standard InChI is InChI=1S/C40H77NO5/c1-3-5-7-9-11-13-14-18-22-26-30-34-40(45)46-35-31-27-23-19-15-17-21-25-29-33-39(44)41-37(36-42)38(43)32-28-24-20-16-12-10-8-6-4-2/h17,21,37-38,42-43H,3-16,18-20,22-36H2,1-2H3,(H,41,44)/b21-17-. The summed E-state index contributed by atoms with van der Waals surface area (Å²) in [6, 6.07) is -0.574. The average Bonchev–Trinajstić information content (AvgIpc) is 3.05. The molecule has 0 rings (SSSR count). The van der Waals surface area contributed by atoms with Crippen LogP contribution in [-0.2, 0) is 14.3 Å². The molecule has 0 bridgehead atoms. The Morgan fingerprint density at radius 1 is 0.587 bits per heavy atom. The van der Waals surface area contributed by atoms with E-state index in [2.05, 4.69) is 31.3 Å². The van der Waals surface area contributed by atoms with Crippen molar-refractivity contribution in [2.24, 2.45) is 0 Å². The molecule has 0 heterocycles. The smallest absolute Gasteiger partial charge is 0.305 e. The van der Waals surface area contributed by atoms with Gasteiger partial charge in [0.2, 0.25) is 5.91 Å². The molecule has 0 aromatic rings. The quantitative estimate of drug-likeness (QED) is 0.0356. The number of aliphatic hydroxyl groups is 2. The van der Waals surface area contributed by atoms with Crippen molar-refractivity contribution < 1.29 is 24.5 Å². The van der Waals surface area contributed by atoms with Crippen molar-refractivity contribution in [2.75, 3.05) is 13.2 Å². The number of nitrogens with one attached hydrogen (secondary N) is 1. The summed E-state index contributed by atoms with van der Waals surface area (Å²) in [5.41, 5.74) is 0. The lowest BCUT2D eigenvalue weighted by molar-refractivity contribution is -0.143. The number of ether oxygens (including phenoxy) is 1. The Hall–Kier alpha value is -1.40. The molecule has 0 radical (unpaired) electrons. The Kier molecular flexibility index (Phi) is 35.3. The van der Waals surface area contributed by atoms with Gasteiger partial charge in [0, 0.05) is 12.8 Å². The van der Waals surface area contributed by atoms with Crippen molar-refractivity contribution in [3.8, 4) is 0 Å². The molecule has 0 aromatic heterocycles. The number of carbonyl (C=O) groups excluding carboxylic acids is 2. The minimum atomic E-state index is -0.690. The van der Waals surface area contributed by atoms with E-state index in [4.69, 9.17) is 4.74 Å². The molecule has 0 spiro atoms. The van der Waals surface area contributed by atoms with Crippen molar-refractivity contribution >= 4 is 11.9 Å². The number of hydrogen-bond donors (Lipinski definition) is 3. The maximum absolute atomic E-state index is 12.3. The number of amides is 1. The highest BCUT2D eigenvalue weighted by molar-refractivity contribution is 5.76. The fourth-order valence-electron chi connectivity index (χ4n) is 5.93. The molecule has 0 fully saturated rings. The average molecular weight is 652 g/mol. The van der Waals surface area contributed by atoms with Crippen LogP contribution in [0.5, 0.6) is 0 Å². The van der Waals surface area contributed by atoms with Crippen LogP contribution in [0.4, 0.5) is 0 Å². The van der Waals surface area contributed by atoms with Crippen LogP contribution in [0.2, 0.25) is 0 Å². The largest absolute Gasteiger partial charge is 0.466 e. The lowest BCUT2D eigenvalue weighted by Crippen LogP contribution is -2.45. The molecule has 2 unspecified atom stereocenters. The van der Waals surface area contributed by atoms with Crippen molar-refractivity contribution in [1.82, 2.24) is 5.32 Å². The van der Waals surface area contributed by atoms with Gasteiger partial charge in [0.1, 0.15) is 0 Å². The summed E-state index contributed by atoms with van der Waals surface area (Å²) in [4.78, 5) is 24.2. The van der Waals surface area contributed by atoms with E-state index < -0.39 is 12.1 Å². The number of aliphatic hydroxyl groups excluding tert-OH is 2. The van der Waals surface area contributed by atoms with Crippen LogP contribution >= 0.6 is 0 Å². The van der Waals surface area contributed by atoms with Crippen molar-refractivity contribution in [1.29, 1.82) is 0 Å². The number of carbonyl (C=O) groups is 2. The second-order valence-electron chi connectivity index (χ2n) is 13.6. The van der Waals surface area contributed by atoms with Gasteiger partial charge in [0.05, 0.1) is 25.4 Å². The Morgan fingerprint density at radius 3 is 1.59 bits per heavy atom. The predicted molar refractivity (Wildman–Crippen MR) is 195 cm³/mol. The highest BCUT2D eigenvalue weighted by atomic mass is 16.5. The minimum absolute atomic E-state index is 0.0373. The van der Waals surface area contributed by atoms with Gasteiger partial charge in [-0.3, -0.25) is 9.59 Å².